The maximum atomic E-state index is 11.9. The average Bonchev–Trinajstić information content (AvgIpc) is 2.88. The van der Waals surface area contributed by atoms with Gasteiger partial charge in [0.15, 0.2) is 0 Å². The van der Waals surface area contributed by atoms with Crippen molar-refractivity contribution >= 4 is 5.97 Å². The van der Waals surface area contributed by atoms with E-state index >= 15 is 0 Å². The molecule has 2 aliphatic rings. The van der Waals surface area contributed by atoms with Crippen LogP contribution in [-0.4, -0.2) is 23.3 Å². The summed E-state index contributed by atoms with van der Waals surface area (Å²) in [5.41, 5.74) is -0.612. The van der Waals surface area contributed by atoms with E-state index in [0.717, 1.165) is 32.1 Å². The van der Waals surface area contributed by atoms with Crippen LogP contribution in [0.3, 0.4) is 0 Å². The van der Waals surface area contributed by atoms with Crippen LogP contribution in [0.2, 0.25) is 0 Å². The molecular formula is C15H24O3. The normalized spacial score (nSPS) is 29.8. The van der Waals surface area contributed by atoms with Gasteiger partial charge in [0.1, 0.15) is 0 Å². The topological polar surface area (TPSA) is 46.5 Å². The third-order valence-electron chi connectivity index (χ3n) is 4.01. The monoisotopic (exact) mass is 252 g/mol. The Kier molecular flexibility index (Phi) is 4.10. The van der Waals surface area contributed by atoms with Crippen LogP contribution in [0.25, 0.3) is 0 Å². The van der Waals surface area contributed by atoms with E-state index in [-0.39, 0.29) is 11.9 Å². The van der Waals surface area contributed by atoms with Gasteiger partial charge in [-0.25, -0.2) is 0 Å². The van der Waals surface area contributed by atoms with Crippen LogP contribution in [0.5, 0.6) is 0 Å². The van der Waals surface area contributed by atoms with E-state index in [0.29, 0.717) is 18.4 Å². The first kappa shape index (κ1) is 13.6. The highest BCUT2D eigenvalue weighted by molar-refractivity contribution is 5.74. The number of carbonyl (C=O) groups excluding carboxylic acids is 1. The van der Waals surface area contributed by atoms with Gasteiger partial charge in [0, 0.05) is 0 Å². The van der Waals surface area contributed by atoms with E-state index in [9.17, 15) is 9.90 Å². The van der Waals surface area contributed by atoms with Gasteiger partial charge in [-0.3, -0.25) is 4.79 Å². The number of carbonyl (C=O) groups is 1. The number of ether oxygens (including phenoxy) is 1. The molecule has 0 amide bonds. The van der Waals surface area contributed by atoms with Crippen molar-refractivity contribution < 1.29 is 14.6 Å². The van der Waals surface area contributed by atoms with Crippen LogP contribution in [0.15, 0.2) is 12.2 Å². The van der Waals surface area contributed by atoms with Gasteiger partial charge in [-0.15, -0.1) is 0 Å². The van der Waals surface area contributed by atoms with Crippen molar-refractivity contribution in [1.82, 2.24) is 0 Å². The molecular weight excluding hydrogens is 228 g/mol. The summed E-state index contributed by atoms with van der Waals surface area (Å²) >= 11 is 0. The molecule has 3 heteroatoms. The second kappa shape index (κ2) is 5.43. The number of unbranched alkanes of at least 4 members (excludes halogenated alkanes) is 1. The van der Waals surface area contributed by atoms with Crippen molar-refractivity contribution in [3.63, 3.8) is 0 Å². The largest absolute Gasteiger partial charge is 0.465 e. The third-order valence-corrected chi connectivity index (χ3v) is 4.01. The Balaban J connectivity index is 1.60. The van der Waals surface area contributed by atoms with E-state index in [1.807, 2.05) is 0 Å². The van der Waals surface area contributed by atoms with E-state index in [1.165, 1.54) is 0 Å². The van der Waals surface area contributed by atoms with Crippen LogP contribution in [0.1, 0.15) is 46.0 Å². The number of fused-ring (bicyclic) bond motifs is 2. The number of hydrogen-bond donors (Lipinski definition) is 1. The Labute approximate surface area is 109 Å². The maximum Gasteiger partial charge on any atom is 0.309 e. The smallest absolute Gasteiger partial charge is 0.309 e. The summed E-state index contributed by atoms with van der Waals surface area (Å²) in [5.74, 6) is 1.13. The molecule has 1 fully saturated rings. The first-order valence-electron chi connectivity index (χ1n) is 7.03. The van der Waals surface area contributed by atoms with E-state index in [4.69, 9.17) is 4.74 Å². The van der Waals surface area contributed by atoms with Crippen molar-refractivity contribution in [3.8, 4) is 0 Å². The number of allylic oxidation sites excluding steroid dienone is 2. The minimum absolute atomic E-state index is 0.0184. The molecule has 2 aliphatic carbocycles. The first-order chi connectivity index (χ1) is 8.46. The van der Waals surface area contributed by atoms with E-state index in [2.05, 4.69) is 12.2 Å². The van der Waals surface area contributed by atoms with Crippen LogP contribution in [-0.2, 0) is 9.53 Å². The average molecular weight is 252 g/mol. The molecule has 18 heavy (non-hydrogen) atoms. The minimum Gasteiger partial charge on any atom is -0.465 e. The summed E-state index contributed by atoms with van der Waals surface area (Å²) in [7, 11) is 0. The molecule has 3 unspecified atom stereocenters. The molecule has 0 spiro atoms. The second-order valence-electron chi connectivity index (χ2n) is 6.32. The fourth-order valence-electron chi connectivity index (χ4n) is 2.99. The van der Waals surface area contributed by atoms with Crippen molar-refractivity contribution in [2.45, 2.75) is 51.6 Å². The molecule has 102 valence electrons. The Morgan fingerprint density at radius 2 is 2.11 bits per heavy atom. The fraction of sp³-hybridized carbons (Fsp3) is 0.800. The highest BCUT2D eigenvalue weighted by Gasteiger charge is 2.40. The zero-order valence-corrected chi connectivity index (χ0v) is 11.4. The highest BCUT2D eigenvalue weighted by Crippen LogP contribution is 2.43. The number of hydrogen-bond acceptors (Lipinski definition) is 3. The van der Waals surface area contributed by atoms with Crippen LogP contribution >= 0.6 is 0 Å². The maximum absolute atomic E-state index is 11.9. The summed E-state index contributed by atoms with van der Waals surface area (Å²) in [4.78, 5) is 11.9. The molecule has 0 aromatic heterocycles. The van der Waals surface area contributed by atoms with Gasteiger partial charge in [-0.05, 0) is 57.8 Å². The summed E-state index contributed by atoms with van der Waals surface area (Å²) < 4.78 is 5.34. The second-order valence-corrected chi connectivity index (χ2v) is 6.32. The summed E-state index contributed by atoms with van der Waals surface area (Å²) in [5, 5.41) is 9.55. The van der Waals surface area contributed by atoms with Crippen LogP contribution < -0.4 is 0 Å². The number of esters is 1. The summed E-state index contributed by atoms with van der Waals surface area (Å²) in [6.07, 6.45) is 9.01. The Bertz CT molecular complexity index is 327. The molecule has 1 saturated carbocycles. The van der Waals surface area contributed by atoms with Crippen molar-refractivity contribution in [2.24, 2.45) is 17.8 Å². The van der Waals surface area contributed by atoms with Gasteiger partial charge in [0.2, 0.25) is 0 Å². The van der Waals surface area contributed by atoms with Crippen molar-refractivity contribution in [1.29, 1.82) is 0 Å². The van der Waals surface area contributed by atoms with Gasteiger partial charge in [-0.2, -0.15) is 0 Å². The zero-order chi connectivity index (χ0) is 13.2. The zero-order valence-electron chi connectivity index (χ0n) is 11.4. The number of aliphatic hydroxyl groups is 1. The number of rotatable bonds is 6. The fourth-order valence-corrected chi connectivity index (χ4v) is 2.99. The molecule has 0 heterocycles. The van der Waals surface area contributed by atoms with Gasteiger partial charge in [0.05, 0.1) is 18.1 Å². The quantitative estimate of drug-likeness (QED) is 0.449. The van der Waals surface area contributed by atoms with Crippen molar-refractivity contribution in [2.75, 3.05) is 6.61 Å². The molecule has 0 aliphatic heterocycles. The van der Waals surface area contributed by atoms with Gasteiger partial charge >= 0.3 is 5.97 Å². The molecule has 2 rings (SSSR count). The lowest BCUT2D eigenvalue weighted by molar-refractivity contribution is -0.149. The Morgan fingerprint density at radius 1 is 1.33 bits per heavy atom. The molecule has 2 bridgehead atoms. The summed E-state index contributed by atoms with van der Waals surface area (Å²) in [6.45, 7) is 4.10. The van der Waals surface area contributed by atoms with Gasteiger partial charge in [-0.1, -0.05) is 12.2 Å². The lowest BCUT2D eigenvalue weighted by Crippen LogP contribution is -2.22. The minimum atomic E-state index is -0.612. The molecule has 0 saturated heterocycles. The molecule has 0 aromatic carbocycles. The van der Waals surface area contributed by atoms with E-state index < -0.39 is 5.60 Å². The van der Waals surface area contributed by atoms with Gasteiger partial charge < -0.3 is 9.84 Å². The summed E-state index contributed by atoms with van der Waals surface area (Å²) in [6, 6.07) is 0. The first-order valence-corrected chi connectivity index (χ1v) is 7.03. The van der Waals surface area contributed by atoms with Crippen LogP contribution in [0, 0.1) is 17.8 Å². The Hall–Kier alpha value is -0.830. The third kappa shape index (κ3) is 3.58. The Morgan fingerprint density at radius 3 is 2.67 bits per heavy atom. The van der Waals surface area contributed by atoms with Crippen LogP contribution in [0.4, 0.5) is 0 Å². The molecule has 1 N–H and O–H groups in total. The lowest BCUT2D eigenvalue weighted by atomic mass is 9.94. The SMILES string of the molecule is CC(C)(O)CCCCOC(=O)C1CC2C=CC1C2. The predicted molar refractivity (Wildman–Crippen MR) is 70.0 cm³/mol. The lowest BCUT2D eigenvalue weighted by Gasteiger charge is -2.18. The van der Waals surface area contributed by atoms with E-state index in [1.54, 1.807) is 13.8 Å². The van der Waals surface area contributed by atoms with Crippen molar-refractivity contribution in [3.05, 3.63) is 12.2 Å². The molecule has 0 radical (unpaired) electrons. The molecule has 3 atom stereocenters. The highest BCUT2D eigenvalue weighted by atomic mass is 16.5. The standard InChI is InChI=1S/C15H24O3/c1-15(2,17)7-3-4-8-18-14(16)13-10-11-5-6-12(13)9-11/h5-6,11-13,17H,3-4,7-10H2,1-2H3. The molecule has 3 nitrogen and oxygen atoms in total. The van der Waals surface area contributed by atoms with Gasteiger partial charge in [0.25, 0.3) is 0 Å². The molecule has 0 aromatic rings. The predicted octanol–water partition coefficient (Wildman–Crippen LogP) is 2.68.